The summed E-state index contributed by atoms with van der Waals surface area (Å²) in [5.74, 6) is -0.677. The lowest BCUT2D eigenvalue weighted by molar-refractivity contribution is -0.135. The van der Waals surface area contributed by atoms with Gasteiger partial charge in [-0.15, -0.1) is 5.69 Å². The number of ketones is 2. The first-order chi connectivity index (χ1) is 24.4. The van der Waals surface area contributed by atoms with Crippen LogP contribution in [-0.4, -0.2) is 51.1 Å². The summed E-state index contributed by atoms with van der Waals surface area (Å²) in [4.78, 5) is 36.4. The number of carbonyl (C=O) groups excluding carboxylic acids is 2. The normalized spacial score (nSPS) is 18.0. The molecule has 3 atom stereocenters. The van der Waals surface area contributed by atoms with Gasteiger partial charge in [-0.25, -0.2) is 0 Å². The highest BCUT2D eigenvalue weighted by molar-refractivity contribution is 6.05. The quantitative estimate of drug-likeness (QED) is 0.0623. The molecule has 0 bridgehead atoms. The van der Waals surface area contributed by atoms with E-state index in [1.807, 2.05) is 36.4 Å². The molecule has 9 nitrogen and oxygen atoms in total. The number of hydrogen-bond acceptors (Lipinski definition) is 6. The van der Waals surface area contributed by atoms with Crippen LogP contribution in [0, 0.1) is 11.8 Å². The van der Waals surface area contributed by atoms with Crippen molar-refractivity contribution in [3.05, 3.63) is 106 Å². The molecule has 2 aromatic carbocycles. The summed E-state index contributed by atoms with van der Waals surface area (Å²) >= 11 is 0. The Bertz CT molecular complexity index is 1750. The van der Waals surface area contributed by atoms with Crippen molar-refractivity contribution in [2.75, 3.05) is 13.2 Å². The first kappa shape index (κ1) is 35.1. The molecule has 0 saturated heterocycles. The van der Waals surface area contributed by atoms with Crippen molar-refractivity contribution < 1.29 is 29.6 Å². The van der Waals surface area contributed by atoms with Crippen LogP contribution in [0.25, 0.3) is 11.4 Å². The van der Waals surface area contributed by atoms with E-state index in [1.165, 1.54) is 0 Å². The summed E-state index contributed by atoms with van der Waals surface area (Å²) in [6, 6.07) is 18.2. The van der Waals surface area contributed by atoms with Crippen molar-refractivity contribution >= 4 is 23.5 Å². The van der Waals surface area contributed by atoms with Crippen LogP contribution in [0.4, 0.5) is 5.82 Å². The Kier molecular flexibility index (Phi) is 11.8. The molecule has 9 heteroatoms. The predicted octanol–water partition coefficient (Wildman–Crippen LogP) is 7.69. The summed E-state index contributed by atoms with van der Waals surface area (Å²) in [5.41, 5.74) is 4.55. The van der Waals surface area contributed by atoms with Gasteiger partial charge in [-0.05, 0) is 106 Å². The number of hydrogen-bond donors (Lipinski definition) is 4. The van der Waals surface area contributed by atoms with Gasteiger partial charge in [0.2, 0.25) is 0 Å². The second-order valence-electron chi connectivity index (χ2n) is 13.6. The molecule has 0 radical (unpaired) electrons. The second kappa shape index (κ2) is 16.8. The zero-order chi connectivity index (χ0) is 34.9. The summed E-state index contributed by atoms with van der Waals surface area (Å²) < 4.78 is 6.07. The summed E-state index contributed by atoms with van der Waals surface area (Å²) in [6.07, 6.45) is 13.5. The number of phenolic OH excluding ortho intramolecular Hbond substituents is 2. The molecule has 4 aromatic rings. The van der Waals surface area contributed by atoms with E-state index in [0.717, 1.165) is 72.9 Å². The molecule has 50 heavy (non-hydrogen) atoms. The van der Waals surface area contributed by atoms with Crippen LogP contribution in [-0.2, 0) is 22.4 Å². The fraction of sp³-hybridized carbons (Fsp3) is 0.415. The van der Waals surface area contributed by atoms with E-state index in [4.69, 9.17) is 10.1 Å². The minimum absolute atomic E-state index is 0.0528. The minimum Gasteiger partial charge on any atom is -0.664 e. The lowest BCUT2D eigenvalue weighted by Crippen LogP contribution is -2.37. The number of H-pyrrole nitrogens is 1. The molecule has 0 spiro atoms. The number of unbranched alkanes of at least 4 members (excludes halogenated alkanes) is 1. The molecule has 264 valence electrons. The maximum absolute atomic E-state index is 14.7. The number of carbonyl (C=O) groups is 2. The third-order valence-corrected chi connectivity index (χ3v) is 10.2. The van der Waals surface area contributed by atoms with E-state index in [1.54, 1.807) is 42.7 Å². The Labute approximate surface area is 293 Å². The van der Waals surface area contributed by atoms with Crippen LogP contribution in [0.15, 0.2) is 78.6 Å². The van der Waals surface area contributed by atoms with Crippen molar-refractivity contribution in [3.8, 4) is 17.2 Å². The van der Waals surface area contributed by atoms with Gasteiger partial charge >= 0.3 is 0 Å². The van der Waals surface area contributed by atoms with Crippen LogP contribution in [0.3, 0.4) is 0 Å². The van der Waals surface area contributed by atoms with Crippen LogP contribution in [0.1, 0.15) is 86.1 Å². The number of nitrogens with one attached hydrogen (secondary N) is 1. The number of aromatic nitrogens is 2. The average Bonchev–Trinajstić information content (AvgIpc) is 3.92. The standard InChI is InChI=1S/C41H47N3O6/c45-22-19-34(36(47)16-14-28-15-17-37(48)38(24-28)50-31-10-2-3-11-31)41(49)40-29(26-44-39-13-6-20-43-39)25-35-32(18-21-42-35)33(40)12-4-1-7-27-8-5-9-30(46)23-27/h5-6,8-9,13,15,17-18,20-21,23-25,31,33-34,40,43,45-46,48H,1-4,7,10-12,14,16,19,22,26H2/q-2. The van der Waals surface area contributed by atoms with Gasteiger partial charge in [0.1, 0.15) is 11.5 Å². The van der Waals surface area contributed by atoms with Gasteiger partial charge in [0.15, 0.2) is 17.3 Å². The molecule has 0 amide bonds. The number of aryl methyl sites for hydroxylation is 2. The summed E-state index contributed by atoms with van der Waals surface area (Å²) in [7, 11) is 0. The number of Topliss-reactive ketones (excluding diaryl/α,β-unsaturated/α-hetero) is 2. The highest BCUT2D eigenvalue weighted by atomic mass is 16.5. The molecule has 1 saturated carbocycles. The number of nitrogens with zero attached hydrogens (tertiary/aromatic N) is 2. The number of rotatable bonds is 18. The third-order valence-electron chi connectivity index (χ3n) is 10.2. The molecule has 2 aromatic heterocycles. The number of aliphatic hydroxyl groups is 1. The van der Waals surface area contributed by atoms with Crippen LogP contribution in [0.2, 0.25) is 0 Å². The zero-order valence-corrected chi connectivity index (χ0v) is 28.5. The van der Waals surface area contributed by atoms with E-state index in [0.29, 0.717) is 24.4 Å². The van der Waals surface area contributed by atoms with Gasteiger partial charge in [-0.3, -0.25) is 9.59 Å². The smallest absolute Gasteiger partial charge is 0.161 e. The first-order valence-electron chi connectivity index (χ1n) is 18.0. The first-order valence-corrected chi connectivity index (χ1v) is 18.0. The highest BCUT2D eigenvalue weighted by Crippen LogP contribution is 2.44. The van der Waals surface area contributed by atoms with Crippen molar-refractivity contribution in [2.24, 2.45) is 11.8 Å². The van der Waals surface area contributed by atoms with Crippen LogP contribution >= 0.6 is 0 Å². The largest absolute Gasteiger partial charge is 0.664 e. The molecule has 2 aliphatic rings. The monoisotopic (exact) mass is 677 g/mol. The molecule has 4 N–H and O–H groups in total. The fourth-order valence-corrected chi connectivity index (χ4v) is 7.59. The Hall–Kier alpha value is -4.76. The molecule has 2 heterocycles. The lowest BCUT2D eigenvalue weighted by atomic mass is 9.69. The van der Waals surface area contributed by atoms with Crippen LogP contribution < -0.4 is 9.72 Å². The number of fused-ring (bicyclic) bond motifs is 1. The molecular weight excluding hydrogens is 630 g/mol. The topological polar surface area (TPSA) is 148 Å². The van der Waals surface area contributed by atoms with Crippen molar-refractivity contribution in [2.45, 2.75) is 82.7 Å². The van der Waals surface area contributed by atoms with Gasteiger partial charge in [-0.1, -0.05) is 72.0 Å². The Balaban J connectivity index is 1.20. The third kappa shape index (κ3) is 8.69. The summed E-state index contributed by atoms with van der Waals surface area (Å²) in [5, 5.41) is 35.1. The number of aliphatic hydroxyl groups excluding tert-OH is 1. The van der Waals surface area contributed by atoms with Gasteiger partial charge in [-0.2, -0.15) is 6.20 Å². The Morgan fingerprint density at radius 2 is 1.82 bits per heavy atom. The minimum atomic E-state index is -0.968. The fourth-order valence-electron chi connectivity index (χ4n) is 7.59. The molecule has 6 rings (SSSR count). The van der Waals surface area contributed by atoms with Crippen molar-refractivity contribution in [1.82, 2.24) is 9.97 Å². The molecular formula is C41H47N3O6-2. The number of ether oxygens (including phenoxy) is 1. The van der Waals surface area contributed by atoms with Gasteiger partial charge in [0, 0.05) is 18.9 Å². The van der Waals surface area contributed by atoms with Gasteiger partial charge < -0.3 is 35.3 Å². The maximum atomic E-state index is 14.7. The molecule has 0 aliphatic heterocycles. The lowest BCUT2D eigenvalue weighted by Gasteiger charge is -2.37. The zero-order valence-electron chi connectivity index (χ0n) is 28.5. The number of aromatic amines is 1. The molecule has 2 aliphatic carbocycles. The number of phenols is 2. The van der Waals surface area contributed by atoms with E-state index >= 15 is 0 Å². The van der Waals surface area contributed by atoms with E-state index in [2.05, 4.69) is 9.97 Å². The second-order valence-corrected chi connectivity index (χ2v) is 13.6. The molecule has 1 fully saturated rings. The highest BCUT2D eigenvalue weighted by Gasteiger charge is 2.39. The Morgan fingerprint density at radius 3 is 2.60 bits per heavy atom. The number of benzene rings is 2. The van der Waals surface area contributed by atoms with E-state index in [-0.39, 0.29) is 61.1 Å². The summed E-state index contributed by atoms with van der Waals surface area (Å²) in [6.45, 7) is -0.00253. The van der Waals surface area contributed by atoms with E-state index < -0.39 is 11.8 Å². The molecule has 3 unspecified atom stereocenters. The van der Waals surface area contributed by atoms with Gasteiger partial charge in [0.05, 0.1) is 12.0 Å². The average molecular weight is 678 g/mol. The van der Waals surface area contributed by atoms with Crippen molar-refractivity contribution in [1.29, 1.82) is 0 Å². The number of aromatic hydroxyl groups is 2. The maximum Gasteiger partial charge on any atom is 0.161 e. The van der Waals surface area contributed by atoms with E-state index in [9.17, 15) is 24.9 Å². The van der Waals surface area contributed by atoms with Gasteiger partial charge in [0.25, 0.3) is 0 Å². The van der Waals surface area contributed by atoms with Crippen LogP contribution in [0.5, 0.6) is 17.2 Å². The SMILES string of the molecule is O=C(CCc1ccc(O)c(OC2CCCC2)c1)C(CCO)C(=O)C1C(C[N-]c2ccc[nH]2)=Cc2[n-]ccc2C1CCCCc1cccc(O)c1. The predicted molar refractivity (Wildman–Crippen MR) is 193 cm³/mol. The van der Waals surface area contributed by atoms with Crippen molar-refractivity contribution in [3.63, 3.8) is 0 Å². The Morgan fingerprint density at radius 1 is 0.980 bits per heavy atom.